The minimum atomic E-state index is -0.448. The molecule has 0 radical (unpaired) electrons. The van der Waals surface area contributed by atoms with Crippen LogP contribution in [0.1, 0.15) is 73.7 Å². The number of unbranched alkanes of at least 4 members (excludes halogenated alkanes) is 2. The summed E-state index contributed by atoms with van der Waals surface area (Å²) in [4.78, 5) is 35.3. The zero-order valence-electron chi connectivity index (χ0n) is 19.6. The fourth-order valence-corrected chi connectivity index (χ4v) is 4.65. The molecule has 0 aliphatic carbocycles. The van der Waals surface area contributed by atoms with E-state index in [-0.39, 0.29) is 17.1 Å². The molecule has 6 heteroatoms. The lowest BCUT2D eigenvalue weighted by atomic mass is 9.99. The van der Waals surface area contributed by atoms with Gasteiger partial charge < -0.3 is 14.2 Å². The molecule has 33 heavy (non-hydrogen) atoms. The molecule has 2 aromatic heterocycles. The maximum atomic E-state index is 13.5. The maximum Gasteiger partial charge on any atom is 0.290 e. The largest absolute Gasteiger partial charge is 0.450 e. The van der Waals surface area contributed by atoms with Crippen LogP contribution < -0.4 is 5.43 Å². The van der Waals surface area contributed by atoms with Crippen LogP contribution in [0, 0.1) is 0 Å². The summed E-state index contributed by atoms with van der Waals surface area (Å²) in [7, 11) is 0. The zero-order valence-corrected chi connectivity index (χ0v) is 19.6. The SMILES string of the molecule is CCCCN(CCCC)CCCN1C(=O)c2oc3ccccc3c(=O)c2C1c1ccncc1. The summed E-state index contributed by atoms with van der Waals surface area (Å²) in [6.07, 6.45) is 8.97. The van der Waals surface area contributed by atoms with Crippen LogP contribution in [0.15, 0.2) is 58.0 Å². The average Bonchev–Trinajstić information content (AvgIpc) is 3.13. The van der Waals surface area contributed by atoms with E-state index in [0.29, 0.717) is 23.1 Å². The van der Waals surface area contributed by atoms with Crippen LogP contribution in [0.5, 0.6) is 0 Å². The zero-order chi connectivity index (χ0) is 23.2. The van der Waals surface area contributed by atoms with E-state index in [2.05, 4.69) is 23.7 Å². The molecule has 0 spiro atoms. The number of benzene rings is 1. The van der Waals surface area contributed by atoms with E-state index in [1.807, 2.05) is 29.2 Å². The van der Waals surface area contributed by atoms with Crippen LogP contribution in [-0.2, 0) is 0 Å². The normalized spacial score (nSPS) is 15.5. The van der Waals surface area contributed by atoms with Gasteiger partial charge in [0.2, 0.25) is 5.76 Å². The second-order valence-electron chi connectivity index (χ2n) is 8.75. The Hall–Kier alpha value is -2.99. The second-order valence-corrected chi connectivity index (χ2v) is 8.75. The molecule has 0 saturated carbocycles. The second kappa shape index (κ2) is 10.8. The average molecular weight is 448 g/mol. The van der Waals surface area contributed by atoms with Gasteiger partial charge in [-0.05, 0) is 68.7 Å². The van der Waals surface area contributed by atoms with E-state index in [1.54, 1.807) is 24.5 Å². The van der Waals surface area contributed by atoms with Crippen LogP contribution in [-0.4, -0.2) is 46.9 Å². The minimum absolute atomic E-state index is 0.128. The predicted octanol–water partition coefficient (Wildman–Crippen LogP) is 5.03. The third-order valence-electron chi connectivity index (χ3n) is 6.42. The van der Waals surface area contributed by atoms with E-state index in [0.717, 1.165) is 31.6 Å². The molecular formula is C27H33N3O3. The van der Waals surface area contributed by atoms with Gasteiger partial charge in [0.25, 0.3) is 5.91 Å². The van der Waals surface area contributed by atoms with Crippen LogP contribution >= 0.6 is 0 Å². The number of carbonyl (C=O) groups excluding carboxylic acids is 1. The number of nitrogens with zero attached hydrogens (tertiary/aromatic N) is 3. The monoisotopic (exact) mass is 447 g/mol. The summed E-state index contributed by atoms with van der Waals surface area (Å²) in [5.74, 6) is -0.0299. The Morgan fingerprint density at radius 2 is 1.61 bits per heavy atom. The number of fused-ring (bicyclic) bond motifs is 2. The summed E-state index contributed by atoms with van der Waals surface area (Å²) in [5, 5.41) is 0.510. The van der Waals surface area contributed by atoms with E-state index < -0.39 is 6.04 Å². The fraction of sp³-hybridized carbons (Fsp3) is 0.444. The number of para-hydroxylation sites is 1. The number of carbonyl (C=O) groups is 1. The lowest BCUT2D eigenvalue weighted by molar-refractivity contribution is 0.0719. The fourth-order valence-electron chi connectivity index (χ4n) is 4.65. The first-order chi connectivity index (χ1) is 16.2. The van der Waals surface area contributed by atoms with Gasteiger partial charge in [0.15, 0.2) is 5.43 Å². The third kappa shape index (κ3) is 4.86. The van der Waals surface area contributed by atoms with E-state index in [9.17, 15) is 9.59 Å². The molecule has 3 aromatic rings. The highest BCUT2D eigenvalue weighted by atomic mass is 16.3. The van der Waals surface area contributed by atoms with Crippen molar-refractivity contribution in [2.75, 3.05) is 26.2 Å². The highest BCUT2D eigenvalue weighted by Crippen LogP contribution is 2.37. The molecule has 0 fully saturated rings. The first-order valence-corrected chi connectivity index (χ1v) is 12.1. The number of hydrogen-bond donors (Lipinski definition) is 0. The third-order valence-corrected chi connectivity index (χ3v) is 6.42. The highest BCUT2D eigenvalue weighted by Gasteiger charge is 2.42. The van der Waals surface area contributed by atoms with Gasteiger partial charge in [-0.3, -0.25) is 14.6 Å². The van der Waals surface area contributed by atoms with Crippen LogP contribution in [0.3, 0.4) is 0 Å². The Kier molecular flexibility index (Phi) is 7.55. The molecule has 1 amide bonds. The lowest BCUT2D eigenvalue weighted by Crippen LogP contribution is -2.34. The molecule has 3 heterocycles. The molecule has 1 aliphatic heterocycles. The first kappa shape index (κ1) is 23.2. The Bertz CT molecular complexity index is 1130. The molecule has 1 aromatic carbocycles. The standard InChI is InChI=1S/C27H33N3O3/c1-3-5-16-29(17-6-4-2)18-9-19-30-24(20-12-14-28-15-13-20)23-25(31)21-10-7-8-11-22(21)33-26(23)27(30)32/h7-8,10-15,24H,3-6,9,16-19H2,1-2H3. The van der Waals surface area contributed by atoms with Crippen molar-refractivity contribution in [1.82, 2.24) is 14.8 Å². The quantitative estimate of drug-likeness (QED) is 0.413. The summed E-state index contributed by atoms with van der Waals surface area (Å²) < 4.78 is 6.00. The Labute approximate surface area is 195 Å². The number of aromatic nitrogens is 1. The van der Waals surface area contributed by atoms with Crippen molar-refractivity contribution in [2.45, 2.75) is 52.0 Å². The number of pyridine rings is 1. The molecule has 1 atom stereocenters. The van der Waals surface area contributed by atoms with Crippen LogP contribution in [0.25, 0.3) is 11.0 Å². The van der Waals surface area contributed by atoms with Crippen molar-refractivity contribution in [2.24, 2.45) is 0 Å². The summed E-state index contributed by atoms with van der Waals surface area (Å²) in [6, 6.07) is 10.5. The Morgan fingerprint density at radius 3 is 2.30 bits per heavy atom. The van der Waals surface area contributed by atoms with Gasteiger partial charge in [0.05, 0.1) is 17.0 Å². The molecular weight excluding hydrogens is 414 g/mol. The highest BCUT2D eigenvalue weighted by molar-refractivity contribution is 5.99. The van der Waals surface area contributed by atoms with Crippen molar-refractivity contribution < 1.29 is 9.21 Å². The van der Waals surface area contributed by atoms with Gasteiger partial charge in [-0.2, -0.15) is 0 Å². The first-order valence-electron chi connectivity index (χ1n) is 12.1. The number of amides is 1. The van der Waals surface area contributed by atoms with Gasteiger partial charge in [0.1, 0.15) is 5.58 Å². The van der Waals surface area contributed by atoms with Crippen molar-refractivity contribution in [3.05, 3.63) is 75.9 Å². The minimum Gasteiger partial charge on any atom is -0.450 e. The Morgan fingerprint density at radius 1 is 0.939 bits per heavy atom. The van der Waals surface area contributed by atoms with Crippen molar-refractivity contribution in [3.8, 4) is 0 Å². The van der Waals surface area contributed by atoms with Crippen molar-refractivity contribution >= 4 is 16.9 Å². The topological polar surface area (TPSA) is 66.7 Å². The molecule has 6 nitrogen and oxygen atoms in total. The van der Waals surface area contributed by atoms with Gasteiger partial charge >= 0.3 is 0 Å². The van der Waals surface area contributed by atoms with Gasteiger partial charge in [-0.15, -0.1) is 0 Å². The van der Waals surface area contributed by atoms with Gasteiger partial charge in [-0.25, -0.2) is 0 Å². The van der Waals surface area contributed by atoms with E-state index in [1.165, 1.54) is 25.7 Å². The predicted molar refractivity (Wildman–Crippen MR) is 130 cm³/mol. The van der Waals surface area contributed by atoms with Gasteiger partial charge in [0, 0.05) is 18.9 Å². The van der Waals surface area contributed by atoms with Crippen LogP contribution in [0.4, 0.5) is 0 Å². The molecule has 0 saturated heterocycles. The number of rotatable bonds is 11. The van der Waals surface area contributed by atoms with Crippen LogP contribution in [0.2, 0.25) is 0 Å². The maximum absolute atomic E-state index is 13.5. The molecule has 4 rings (SSSR count). The molecule has 0 N–H and O–H groups in total. The van der Waals surface area contributed by atoms with Crippen molar-refractivity contribution in [3.63, 3.8) is 0 Å². The smallest absolute Gasteiger partial charge is 0.290 e. The molecule has 1 aliphatic rings. The van der Waals surface area contributed by atoms with Crippen molar-refractivity contribution in [1.29, 1.82) is 0 Å². The number of hydrogen-bond acceptors (Lipinski definition) is 5. The summed E-state index contributed by atoms with van der Waals surface area (Å²) in [5.41, 5.74) is 1.65. The van der Waals surface area contributed by atoms with Gasteiger partial charge in [-0.1, -0.05) is 38.8 Å². The Balaban J connectivity index is 1.63. The molecule has 0 bridgehead atoms. The molecule has 174 valence electrons. The molecule has 1 unspecified atom stereocenters. The van der Waals surface area contributed by atoms with E-state index >= 15 is 0 Å². The summed E-state index contributed by atoms with van der Waals surface area (Å²) >= 11 is 0. The summed E-state index contributed by atoms with van der Waals surface area (Å²) in [6.45, 7) is 8.11. The lowest BCUT2D eigenvalue weighted by Gasteiger charge is -2.27. The van der Waals surface area contributed by atoms with E-state index in [4.69, 9.17) is 4.42 Å².